The highest BCUT2D eigenvalue weighted by atomic mass is 16.7. The second-order valence-electron chi connectivity index (χ2n) is 6.71. The van der Waals surface area contributed by atoms with Gasteiger partial charge in [-0.05, 0) is 29.8 Å². The summed E-state index contributed by atoms with van der Waals surface area (Å²) in [4.78, 5) is 16.9. The maximum absolute atomic E-state index is 12.4. The van der Waals surface area contributed by atoms with Gasteiger partial charge in [0.2, 0.25) is 18.4 Å². The molecule has 5 rings (SSSR count). The number of aromatic nitrogens is 3. The van der Waals surface area contributed by atoms with Crippen molar-refractivity contribution in [3.63, 3.8) is 0 Å². The van der Waals surface area contributed by atoms with Crippen LogP contribution in [-0.2, 0) is 11.8 Å². The lowest BCUT2D eigenvalue weighted by Crippen LogP contribution is -2.24. The van der Waals surface area contributed by atoms with Crippen LogP contribution in [0.3, 0.4) is 0 Å². The van der Waals surface area contributed by atoms with Gasteiger partial charge in [0.15, 0.2) is 11.5 Å². The molecular formula is C20H18N4O4. The van der Waals surface area contributed by atoms with Crippen molar-refractivity contribution in [3.8, 4) is 28.6 Å². The van der Waals surface area contributed by atoms with E-state index in [0.717, 1.165) is 22.5 Å². The van der Waals surface area contributed by atoms with Crippen LogP contribution in [0.25, 0.3) is 11.4 Å². The first-order valence-electron chi connectivity index (χ1n) is 8.91. The van der Waals surface area contributed by atoms with Gasteiger partial charge in [-0.2, -0.15) is 5.10 Å². The molecule has 0 saturated carbocycles. The Hall–Kier alpha value is -3.55. The van der Waals surface area contributed by atoms with Crippen molar-refractivity contribution >= 4 is 11.7 Å². The Morgan fingerprint density at radius 1 is 1.29 bits per heavy atom. The Kier molecular flexibility index (Phi) is 3.71. The molecule has 8 nitrogen and oxygen atoms in total. The van der Waals surface area contributed by atoms with Crippen LogP contribution < -0.4 is 19.5 Å². The number of benzene rings is 1. The van der Waals surface area contributed by atoms with Gasteiger partial charge in [0.1, 0.15) is 11.5 Å². The summed E-state index contributed by atoms with van der Waals surface area (Å²) < 4.78 is 18.2. The maximum Gasteiger partial charge on any atom is 0.231 e. The van der Waals surface area contributed by atoms with Gasteiger partial charge in [-0.3, -0.25) is 14.5 Å². The zero-order valence-electron chi connectivity index (χ0n) is 15.4. The van der Waals surface area contributed by atoms with E-state index in [0.29, 0.717) is 29.5 Å². The van der Waals surface area contributed by atoms with Gasteiger partial charge in [-0.15, -0.1) is 0 Å². The molecule has 0 aliphatic carbocycles. The minimum atomic E-state index is -0.210. The smallest absolute Gasteiger partial charge is 0.231 e. The van der Waals surface area contributed by atoms with Crippen molar-refractivity contribution in [2.45, 2.75) is 12.3 Å². The first-order chi connectivity index (χ1) is 13.7. The Bertz CT molecular complexity index is 1080. The third kappa shape index (κ3) is 2.49. The number of amides is 1. The zero-order chi connectivity index (χ0) is 19.3. The molecule has 28 heavy (non-hydrogen) atoms. The van der Waals surface area contributed by atoms with Crippen LogP contribution in [0.4, 0.5) is 5.82 Å². The number of carbonyl (C=O) groups excluding carboxylic acids is 1. The quantitative estimate of drug-likeness (QED) is 0.754. The van der Waals surface area contributed by atoms with Gasteiger partial charge in [0.25, 0.3) is 0 Å². The van der Waals surface area contributed by atoms with Crippen LogP contribution >= 0.6 is 0 Å². The highest BCUT2D eigenvalue weighted by molar-refractivity contribution is 5.96. The van der Waals surface area contributed by atoms with Crippen LogP contribution in [0, 0.1) is 0 Å². The number of fused-ring (bicyclic) bond motifs is 2. The van der Waals surface area contributed by atoms with E-state index in [2.05, 4.69) is 15.4 Å². The Balaban J connectivity index is 1.71. The number of hydrogen-bond donors (Lipinski definition) is 1. The van der Waals surface area contributed by atoms with Crippen LogP contribution in [0.15, 0.2) is 36.5 Å². The maximum atomic E-state index is 12.4. The standard InChI is InChI=1S/C20H18N4O4/c1-24-20-17(18(23-24)13-5-3-4-6-21-13)12(9-16(25)22-20)11-7-14(26-2)19-15(8-11)27-10-28-19/h3-8,12H,9-10H2,1-2H3,(H,22,25). The second kappa shape index (κ2) is 6.26. The molecule has 0 fully saturated rings. The Morgan fingerprint density at radius 2 is 2.18 bits per heavy atom. The molecule has 142 valence electrons. The first kappa shape index (κ1) is 16.6. The summed E-state index contributed by atoms with van der Waals surface area (Å²) >= 11 is 0. The van der Waals surface area contributed by atoms with E-state index >= 15 is 0 Å². The molecule has 4 heterocycles. The molecule has 2 aliphatic rings. The van der Waals surface area contributed by atoms with Gasteiger partial charge in [-0.25, -0.2) is 0 Å². The molecule has 2 aliphatic heterocycles. The molecule has 3 aromatic rings. The fourth-order valence-electron chi connectivity index (χ4n) is 3.82. The SMILES string of the molecule is COc1cc(C2CC(=O)Nc3c2c(-c2ccccn2)nn3C)cc2c1OCO2. The van der Waals surface area contributed by atoms with E-state index in [1.165, 1.54) is 0 Å². The minimum absolute atomic E-state index is 0.0651. The molecule has 1 unspecified atom stereocenters. The highest BCUT2D eigenvalue weighted by Crippen LogP contribution is 2.48. The monoisotopic (exact) mass is 378 g/mol. The number of carbonyl (C=O) groups is 1. The van der Waals surface area contributed by atoms with Crippen molar-refractivity contribution in [3.05, 3.63) is 47.7 Å². The summed E-state index contributed by atoms with van der Waals surface area (Å²) in [5.41, 5.74) is 3.34. The molecule has 1 atom stereocenters. The molecule has 1 amide bonds. The summed E-state index contributed by atoms with van der Waals surface area (Å²) in [6.07, 6.45) is 2.03. The van der Waals surface area contributed by atoms with Gasteiger partial charge in [-0.1, -0.05) is 6.07 Å². The van der Waals surface area contributed by atoms with Crippen molar-refractivity contribution < 1.29 is 19.0 Å². The predicted octanol–water partition coefficient (Wildman–Crippen LogP) is 2.69. The molecule has 0 bridgehead atoms. The summed E-state index contributed by atoms with van der Waals surface area (Å²) in [6.45, 7) is 0.150. The summed E-state index contributed by atoms with van der Waals surface area (Å²) in [6, 6.07) is 9.50. The number of hydrogen-bond acceptors (Lipinski definition) is 6. The highest BCUT2D eigenvalue weighted by Gasteiger charge is 2.35. The summed E-state index contributed by atoms with van der Waals surface area (Å²) in [7, 11) is 3.40. The number of rotatable bonds is 3. The van der Waals surface area contributed by atoms with E-state index < -0.39 is 0 Å². The van der Waals surface area contributed by atoms with Crippen molar-refractivity contribution in [2.24, 2.45) is 7.05 Å². The van der Waals surface area contributed by atoms with Crippen molar-refractivity contribution in [2.75, 3.05) is 19.2 Å². The largest absolute Gasteiger partial charge is 0.493 e. The summed E-state index contributed by atoms with van der Waals surface area (Å²) in [5, 5.41) is 7.59. The van der Waals surface area contributed by atoms with Crippen molar-refractivity contribution in [1.29, 1.82) is 0 Å². The molecule has 2 aromatic heterocycles. The lowest BCUT2D eigenvalue weighted by molar-refractivity contribution is -0.116. The average molecular weight is 378 g/mol. The fraction of sp³-hybridized carbons (Fsp3) is 0.250. The molecule has 0 saturated heterocycles. The number of ether oxygens (including phenoxy) is 3. The van der Waals surface area contributed by atoms with Gasteiger partial charge >= 0.3 is 0 Å². The predicted molar refractivity (Wildman–Crippen MR) is 101 cm³/mol. The lowest BCUT2D eigenvalue weighted by atomic mass is 9.84. The molecule has 1 aromatic carbocycles. The van der Waals surface area contributed by atoms with E-state index in [9.17, 15) is 4.79 Å². The van der Waals surface area contributed by atoms with Crippen LogP contribution in [0.5, 0.6) is 17.2 Å². The van der Waals surface area contributed by atoms with E-state index in [1.807, 2.05) is 37.4 Å². The first-order valence-corrected chi connectivity index (χ1v) is 8.91. The lowest BCUT2D eigenvalue weighted by Gasteiger charge is -2.25. The number of nitrogens with one attached hydrogen (secondary N) is 1. The molecule has 0 radical (unpaired) electrons. The number of nitrogens with zero attached hydrogens (tertiary/aromatic N) is 3. The fourth-order valence-corrected chi connectivity index (χ4v) is 3.82. The van der Waals surface area contributed by atoms with E-state index in [4.69, 9.17) is 14.2 Å². The number of aryl methyl sites for hydroxylation is 1. The third-order valence-corrected chi connectivity index (χ3v) is 5.07. The van der Waals surface area contributed by atoms with Crippen LogP contribution in [-0.4, -0.2) is 34.6 Å². The molecule has 1 N–H and O–H groups in total. The van der Waals surface area contributed by atoms with E-state index in [-0.39, 0.29) is 18.6 Å². The minimum Gasteiger partial charge on any atom is -0.493 e. The Morgan fingerprint density at radius 3 is 2.96 bits per heavy atom. The van der Waals surface area contributed by atoms with Gasteiger partial charge in [0, 0.05) is 31.1 Å². The molecule has 0 spiro atoms. The second-order valence-corrected chi connectivity index (χ2v) is 6.71. The van der Waals surface area contributed by atoms with Crippen LogP contribution in [0.2, 0.25) is 0 Å². The number of anilines is 1. The Labute approximate surface area is 161 Å². The topological polar surface area (TPSA) is 87.5 Å². The zero-order valence-corrected chi connectivity index (χ0v) is 15.4. The molecular weight excluding hydrogens is 360 g/mol. The van der Waals surface area contributed by atoms with Gasteiger partial charge in [0.05, 0.1) is 12.8 Å². The number of methoxy groups -OCH3 is 1. The third-order valence-electron chi connectivity index (χ3n) is 5.07. The number of pyridine rings is 1. The average Bonchev–Trinajstić information content (AvgIpc) is 3.32. The molecule has 8 heteroatoms. The van der Waals surface area contributed by atoms with Crippen LogP contribution in [0.1, 0.15) is 23.5 Å². The van der Waals surface area contributed by atoms with E-state index in [1.54, 1.807) is 18.0 Å². The summed E-state index contributed by atoms with van der Waals surface area (Å²) in [5.74, 6) is 2.19. The van der Waals surface area contributed by atoms with Gasteiger partial charge < -0.3 is 19.5 Å². The normalized spacial score (nSPS) is 17.2. The van der Waals surface area contributed by atoms with Crippen molar-refractivity contribution in [1.82, 2.24) is 14.8 Å².